The highest BCUT2D eigenvalue weighted by Crippen LogP contribution is 2.24. The molecule has 0 aliphatic heterocycles. The minimum Gasteiger partial charge on any atom is -0.496 e. The number of rotatable bonds is 3. The molecule has 0 spiro atoms. The van der Waals surface area contributed by atoms with Crippen molar-refractivity contribution in [1.29, 1.82) is 0 Å². The first-order chi connectivity index (χ1) is 5.79. The molecule has 0 saturated heterocycles. The summed E-state index contributed by atoms with van der Waals surface area (Å²) in [5.74, 6) is 1.04. The zero-order valence-electron chi connectivity index (χ0n) is 7.43. The predicted molar refractivity (Wildman–Crippen MR) is 64.2 cm³/mol. The van der Waals surface area contributed by atoms with Crippen molar-refractivity contribution in [2.24, 2.45) is 0 Å². The van der Waals surface area contributed by atoms with E-state index in [0.29, 0.717) is 0 Å². The van der Waals surface area contributed by atoms with Gasteiger partial charge in [-0.2, -0.15) is 0 Å². The van der Waals surface area contributed by atoms with E-state index in [1.54, 1.807) is 7.11 Å². The van der Waals surface area contributed by atoms with Gasteiger partial charge in [-0.1, -0.05) is 12.1 Å². The zero-order valence-corrected chi connectivity index (χ0v) is 11.6. The van der Waals surface area contributed by atoms with Crippen LogP contribution in [0.5, 0.6) is 5.75 Å². The van der Waals surface area contributed by atoms with E-state index in [-0.39, 0.29) is 0 Å². The Hall–Kier alpha value is -0.0331. The summed E-state index contributed by atoms with van der Waals surface area (Å²) in [5.41, 5.74) is 1.37. The van der Waals surface area contributed by atoms with Gasteiger partial charge in [0.05, 0.1) is 7.11 Å². The molecular weight excluding hydrogens is 279 g/mol. The molecule has 0 heterocycles. The lowest BCUT2D eigenvalue weighted by Crippen LogP contribution is -1.94. The normalized spacial score (nSPS) is 10.2. The van der Waals surface area contributed by atoms with Gasteiger partial charge in [0.2, 0.25) is 0 Å². The molecule has 66 valence electrons. The average molecular weight is 292 g/mol. The molecule has 12 heavy (non-hydrogen) atoms. The Balaban J connectivity index is 3.02. The fourth-order valence-corrected chi connectivity index (χ4v) is 2.47. The third-order valence-corrected chi connectivity index (χ3v) is 3.31. The van der Waals surface area contributed by atoms with Crippen LogP contribution in [0.1, 0.15) is 5.56 Å². The smallest absolute Gasteiger partial charge is 0.123 e. The van der Waals surface area contributed by atoms with Crippen LogP contribution in [0.4, 0.5) is 0 Å². The Morgan fingerprint density at radius 3 is 2.83 bits per heavy atom. The third kappa shape index (κ3) is 2.23. The summed E-state index contributed by atoms with van der Waals surface area (Å²) in [6, 6.07) is 7.51. The Morgan fingerprint density at radius 2 is 2.25 bits per heavy atom. The molecule has 0 aliphatic carbocycles. The molecule has 1 aromatic carbocycles. The fourth-order valence-electron chi connectivity index (χ4n) is 1.22. The molecule has 0 aromatic heterocycles. The molecule has 0 atom stereocenters. The Kier molecular flexibility index (Phi) is 4.07. The van der Waals surface area contributed by atoms with Crippen molar-refractivity contribution < 1.29 is 4.74 Å². The lowest BCUT2D eigenvalue weighted by Gasteiger charge is -2.08. The first-order valence-corrected chi connectivity index (χ1v) is 6.60. The van der Waals surface area contributed by atoms with Crippen LogP contribution in [-0.2, 0) is 6.42 Å². The van der Waals surface area contributed by atoms with Crippen LogP contribution >= 0.6 is 22.6 Å². The fraction of sp³-hybridized carbons (Fsp3) is 0.333. The van der Waals surface area contributed by atoms with Gasteiger partial charge in [0, 0.05) is 19.4 Å². The summed E-state index contributed by atoms with van der Waals surface area (Å²) in [4.78, 5) is 0. The SMILES string of the molecule is COc1cccc(I)c1CC[SiH3]. The summed E-state index contributed by atoms with van der Waals surface area (Å²) < 4.78 is 6.61. The van der Waals surface area contributed by atoms with Crippen LogP contribution in [0.25, 0.3) is 0 Å². The summed E-state index contributed by atoms with van der Waals surface area (Å²) >= 11 is 2.37. The van der Waals surface area contributed by atoms with Crippen LogP contribution in [-0.4, -0.2) is 17.4 Å². The summed E-state index contributed by atoms with van der Waals surface area (Å²) in [6.07, 6.45) is 1.16. The quantitative estimate of drug-likeness (QED) is 0.608. The second-order valence-corrected chi connectivity index (χ2v) is 4.83. The molecule has 0 fully saturated rings. The highest BCUT2D eigenvalue weighted by Gasteiger charge is 2.04. The van der Waals surface area contributed by atoms with E-state index in [1.807, 2.05) is 12.1 Å². The molecule has 1 nitrogen and oxygen atoms in total. The number of benzene rings is 1. The maximum absolute atomic E-state index is 5.29. The van der Waals surface area contributed by atoms with Gasteiger partial charge in [-0.15, -0.1) is 0 Å². The maximum Gasteiger partial charge on any atom is 0.123 e. The molecule has 0 aliphatic rings. The molecule has 0 unspecified atom stereocenters. The van der Waals surface area contributed by atoms with Crippen LogP contribution in [0.2, 0.25) is 6.04 Å². The van der Waals surface area contributed by atoms with Crippen molar-refractivity contribution in [3.8, 4) is 5.75 Å². The number of methoxy groups -OCH3 is 1. The molecule has 0 saturated carbocycles. The Labute approximate surface area is 90.1 Å². The van der Waals surface area contributed by atoms with Crippen LogP contribution in [0.3, 0.4) is 0 Å². The highest BCUT2D eigenvalue weighted by atomic mass is 127. The summed E-state index contributed by atoms with van der Waals surface area (Å²) in [6.45, 7) is 0. The van der Waals surface area contributed by atoms with Crippen molar-refractivity contribution in [3.63, 3.8) is 0 Å². The van der Waals surface area contributed by atoms with Crippen molar-refractivity contribution in [2.45, 2.75) is 12.5 Å². The second-order valence-electron chi connectivity index (χ2n) is 2.67. The van der Waals surface area contributed by atoms with Gasteiger partial charge in [-0.25, -0.2) is 0 Å². The largest absolute Gasteiger partial charge is 0.496 e. The first-order valence-electron chi connectivity index (χ1n) is 4.11. The average Bonchev–Trinajstić information content (AvgIpc) is 2.09. The lowest BCUT2D eigenvalue weighted by molar-refractivity contribution is 0.409. The zero-order chi connectivity index (χ0) is 8.97. The monoisotopic (exact) mass is 292 g/mol. The number of halogens is 1. The Bertz CT molecular complexity index is 263. The predicted octanol–water partition coefficient (Wildman–Crippen LogP) is 1.63. The van der Waals surface area contributed by atoms with Crippen LogP contribution < -0.4 is 4.74 Å². The van der Waals surface area contributed by atoms with Crippen molar-refractivity contribution in [3.05, 3.63) is 27.3 Å². The molecule has 1 aromatic rings. The van der Waals surface area contributed by atoms with Gasteiger partial charge in [-0.3, -0.25) is 0 Å². The maximum atomic E-state index is 5.29. The van der Waals surface area contributed by atoms with Gasteiger partial charge >= 0.3 is 0 Å². The highest BCUT2D eigenvalue weighted by molar-refractivity contribution is 14.1. The molecule has 0 N–H and O–H groups in total. The minimum absolute atomic E-state index is 1.04. The molecular formula is C9H13IOSi. The number of hydrogen-bond donors (Lipinski definition) is 0. The van der Waals surface area contributed by atoms with Crippen LogP contribution in [0.15, 0.2) is 18.2 Å². The summed E-state index contributed by atoms with van der Waals surface area (Å²) in [7, 11) is 3.00. The van der Waals surface area contributed by atoms with Gasteiger partial charge in [-0.05, 0) is 41.1 Å². The van der Waals surface area contributed by atoms with E-state index in [0.717, 1.165) is 12.2 Å². The Morgan fingerprint density at radius 1 is 1.50 bits per heavy atom. The minimum atomic E-state index is 1.04. The summed E-state index contributed by atoms with van der Waals surface area (Å²) in [5, 5.41) is 0. The van der Waals surface area contributed by atoms with E-state index in [9.17, 15) is 0 Å². The van der Waals surface area contributed by atoms with Gasteiger partial charge in [0.1, 0.15) is 5.75 Å². The van der Waals surface area contributed by atoms with Crippen molar-refractivity contribution >= 4 is 32.8 Å². The van der Waals surface area contributed by atoms with Crippen molar-refractivity contribution in [2.75, 3.05) is 7.11 Å². The molecule has 0 amide bonds. The third-order valence-electron chi connectivity index (χ3n) is 1.80. The van der Waals surface area contributed by atoms with E-state index >= 15 is 0 Å². The van der Waals surface area contributed by atoms with Crippen molar-refractivity contribution in [1.82, 2.24) is 0 Å². The standard InChI is InChI=1S/C9H13IOSi/c1-11-9-4-2-3-8(10)7(9)5-6-12/h2-4H,5-6H2,1,12H3. The molecule has 0 radical (unpaired) electrons. The number of ether oxygens (including phenoxy) is 1. The second kappa shape index (κ2) is 4.86. The van der Waals surface area contributed by atoms with Gasteiger partial charge in [0.15, 0.2) is 0 Å². The van der Waals surface area contributed by atoms with Gasteiger partial charge < -0.3 is 4.74 Å². The van der Waals surface area contributed by atoms with E-state index < -0.39 is 0 Å². The number of hydrogen-bond acceptors (Lipinski definition) is 1. The topological polar surface area (TPSA) is 9.23 Å². The molecule has 3 heteroatoms. The molecule has 0 bridgehead atoms. The van der Waals surface area contributed by atoms with E-state index in [2.05, 4.69) is 28.7 Å². The molecule has 1 rings (SSSR count). The van der Waals surface area contributed by atoms with Crippen LogP contribution in [0, 0.1) is 3.57 Å². The first kappa shape index (κ1) is 10.1. The van der Waals surface area contributed by atoms with E-state index in [4.69, 9.17) is 4.74 Å². The van der Waals surface area contributed by atoms with Gasteiger partial charge in [0.25, 0.3) is 0 Å². The lowest BCUT2D eigenvalue weighted by atomic mass is 10.1. The van der Waals surface area contributed by atoms with E-state index in [1.165, 1.54) is 25.4 Å².